The molecule has 1 N–H and O–H groups in total. The molecule has 0 radical (unpaired) electrons. The summed E-state index contributed by atoms with van der Waals surface area (Å²) >= 11 is 0. The van der Waals surface area contributed by atoms with E-state index in [9.17, 15) is 13.9 Å². The molecule has 0 fully saturated rings. The molecule has 1 atom stereocenters. The van der Waals surface area contributed by atoms with Crippen molar-refractivity contribution in [2.75, 3.05) is 0 Å². The monoisotopic (exact) mass is 249 g/mol. The number of aliphatic hydroxyl groups is 1. The fourth-order valence-corrected chi connectivity index (χ4v) is 1.76. The summed E-state index contributed by atoms with van der Waals surface area (Å²) in [6.45, 7) is 1.80. The van der Waals surface area contributed by atoms with Crippen LogP contribution in [0.25, 0.3) is 0 Å². The van der Waals surface area contributed by atoms with Gasteiger partial charge in [-0.15, -0.1) is 0 Å². The number of aryl methyl sites for hydroxylation is 1. The molecule has 0 amide bonds. The highest BCUT2D eigenvalue weighted by Gasteiger charge is 2.13. The number of nitrogens with zero attached hydrogens (tertiary/aromatic N) is 1. The van der Waals surface area contributed by atoms with Crippen LogP contribution in [0, 0.1) is 18.6 Å². The first-order valence-electron chi connectivity index (χ1n) is 5.62. The number of rotatable bonds is 3. The summed E-state index contributed by atoms with van der Waals surface area (Å²) < 4.78 is 26.4. The molecule has 1 aromatic carbocycles. The lowest BCUT2D eigenvalue weighted by Crippen LogP contribution is -2.06. The predicted molar refractivity (Wildman–Crippen MR) is 64.0 cm³/mol. The van der Waals surface area contributed by atoms with Crippen molar-refractivity contribution in [3.63, 3.8) is 0 Å². The summed E-state index contributed by atoms with van der Waals surface area (Å²) in [5.41, 5.74) is 1.37. The van der Waals surface area contributed by atoms with Crippen LogP contribution in [0.1, 0.15) is 23.1 Å². The average molecular weight is 249 g/mol. The van der Waals surface area contributed by atoms with Crippen LogP contribution in [0.3, 0.4) is 0 Å². The van der Waals surface area contributed by atoms with Crippen molar-refractivity contribution in [3.05, 3.63) is 65.0 Å². The second-order valence-corrected chi connectivity index (χ2v) is 4.16. The topological polar surface area (TPSA) is 33.1 Å². The molecule has 4 heteroatoms. The standard InChI is InChI=1S/C14H13F2NO/c1-9-3-2-4-13(17-9)14(18)8-10-7-11(15)5-6-12(10)16/h2-7,14,18H,8H2,1H3. The first-order valence-corrected chi connectivity index (χ1v) is 5.62. The third kappa shape index (κ3) is 2.90. The van der Waals surface area contributed by atoms with Crippen molar-refractivity contribution < 1.29 is 13.9 Å². The van der Waals surface area contributed by atoms with Gasteiger partial charge >= 0.3 is 0 Å². The van der Waals surface area contributed by atoms with Gasteiger partial charge in [-0.3, -0.25) is 4.98 Å². The minimum Gasteiger partial charge on any atom is -0.386 e. The van der Waals surface area contributed by atoms with E-state index >= 15 is 0 Å². The molecular formula is C14H13F2NO. The second-order valence-electron chi connectivity index (χ2n) is 4.16. The van der Waals surface area contributed by atoms with Crippen molar-refractivity contribution in [1.82, 2.24) is 4.98 Å². The molecule has 1 heterocycles. The number of pyridine rings is 1. The lowest BCUT2D eigenvalue weighted by Gasteiger charge is -2.11. The Kier molecular flexibility index (Phi) is 3.67. The quantitative estimate of drug-likeness (QED) is 0.907. The molecule has 0 bridgehead atoms. The van der Waals surface area contributed by atoms with Gasteiger partial charge in [-0.1, -0.05) is 6.07 Å². The minimum atomic E-state index is -0.943. The van der Waals surface area contributed by atoms with Crippen molar-refractivity contribution in [2.24, 2.45) is 0 Å². The highest BCUT2D eigenvalue weighted by molar-refractivity contribution is 5.22. The van der Waals surface area contributed by atoms with Crippen LogP contribution in [0.4, 0.5) is 8.78 Å². The largest absolute Gasteiger partial charge is 0.386 e. The van der Waals surface area contributed by atoms with E-state index in [1.165, 1.54) is 0 Å². The Morgan fingerprint density at radius 3 is 2.72 bits per heavy atom. The van der Waals surface area contributed by atoms with E-state index in [4.69, 9.17) is 0 Å². The summed E-state index contributed by atoms with van der Waals surface area (Å²) in [4.78, 5) is 4.16. The lowest BCUT2D eigenvalue weighted by molar-refractivity contribution is 0.172. The van der Waals surface area contributed by atoms with Gasteiger partial charge in [0.2, 0.25) is 0 Å². The van der Waals surface area contributed by atoms with Gasteiger partial charge in [0.25, 0.3) is 0 Å². The fraction of sp³-hybridized carbons (Fsp3) is 0.214. The van der Waals surface area contributed by atoms with Gasteiger partial charge in [-0.05, 0) is 42.8 Å². The molecule has 1 aromatic heterocycles. The summed E-state index contributed by atoms with van der Waals surface area (Å²) in [6.07, 6.45) is -0.943. The molecule has 18 heavy (non-hydrogen) atoms. The molecule has 94 valence electrons. The molecule has 2 aromatic rings. The van der Waals surface area contributed by atoms with Crippen LogP contribution in [-0.2, 0) is 6.42 Å². The number of halogens is 2. The molecule has 1 unspecified atom stereocenters. The number of hydrogen-bond acceptors (Lipinski definition) is 2. The van der Waals surface area contributed by atoms with Crippen LogP contribution < -0.4 is 0 Å². The van der Waals surface area contributed by atoms with E-state index in [-0.39, 0.29) is 12.0 Å². The van der Waals surface area contributed by atoms with Gasteiger partial charge in [0.05, 0.1) is 5.69 Å². The van der Waals surface area contributed by atoms with Crippen LogP contribution in [0.5, 0.6) is 0 Å². The minimum absolute atomic E-state index is 0.0000463. The Bertz CT molecular complexity index is 557. The molecule has 0 saturated heterocycles. The van der Waals surface area contributed by atoms with E-state index in [1.54, 1.807) is 25.1 Å². The first kappa shape index (κ1) is 12.6. The Morgan fingerprint density at radius 2 is 2.00 bits per heavy atom. The van der Waals surface area contributed by atoms with Gasteiger partial charge in [0.1, 0.15) is 17.7 Å². The van der Waals surface area contributed by atoms with E-state index in [1.807, 2.05) is 0 Å². The predicted octanol–water partition coefficient (Wildman–Crippen LogP) is 2.94. The average Bonchev–Trinajstić information content (AvgIpc) is 2.34. The number of benzene rings is 1. The van der Waals surface area contributed by atoms with E-state index in [2.05, 4.69) is 4.98 Å². The van der Waals surface area contributed by atoms with Crippen molar-refractivity contribution in [1.29, 1.82) is 0 Å². The molecule has 0 spiro atoms. The number of hydrogen-bond donors (Lipinski definition) is 1. The van der Waals surface area contributed by atoms with E-state index < -0.39 is 17.7 Å². The van der Waals surface area contributed by atoms with Crippen molar-refractivity contribution in [2.45, 2.75) is 19.4 Å². The van der Waals surface area contributed by atoms with Gasteiger partial charge < -0.3 is 5.11 Å². The molecule has 0 aliphatic carbocycles. The second kappa shape index (κ2) is 5.23. The summed E-state index contributed by atoms with van der Waals surface area (Å²) in [5, 5.41) is 9.96. The van der Waals surface area contributed by atoms with Gasteiger partial charge in [-0.2, -0.15) is 0 Å². The van der Waals surface area contributed by atoms with Crippen LogP contribution in [0.2, 0.25) is 0 Å². The normalized spacial score (nSPS) is 12.4. The molecule has 2 rings (SSSR count). The van der Waals surface area contributed by atoms with Crippen LogP contribution >= 0.6 is 0 Å². The van der Waals surface area contributed by atoms with Gasteiger partial charge in [0, 0.05) is 12.1 Å². The summed E-state index contributed by atoms with van der Waals surface area (Å²) in [6, 6.07) is 8.43. The highest BCUT2D eigenvalue weighted by atomic mass is 19.1. The SMILES string of the molecule is Cc1cccc(C(O)Cc2cc(F)ccc2F)n1. The molecule has 0 aliphatic heterocycles. The molecule has 0 saturated carbocycles. The molecular weight excluding hydrogens is 236 g/mol. The van der Waals surface area contributed by atoms with Gasteiger partial charge in [-0.25, -0.2) is 8.78 Å². The Hall–Kier alpha value is -1.81. The zero-order valence-electron chi connectivity index (χ0n) is 9.90. The Balaban J connectivity index is 2.21. The zero-order valence-corrected chi connectivity index (χ0v) is 9.90. The lowest BCUT2D eigenvalue weighted by atomic mass is 10.0. The van der Waals surface area contributed by atoms with E-state index in [0.29, 0.717) is 5.69 Å². The number of aliphatic hydroxyl groups excluding tert-OH is 1. The Morgan fingerprint density at radius 1 is 1.22 bits per heavy atom. The maximum Gasteiger partial charge on any atom is 0.126 e. The van der Waals surface area contributed by atoms with Crippen LogP contribution in [0.15, 0.2) is 36.4 Å². The van der Waals surface area contributed by atoms with Gasteiger partial charge in [0.15, 0.2) is 0 Å². The van der Waals surface area contributed by atoms with Crippen molar-refractivity contribution in [3.8, 4) is 0 Å². The Labute approximate surface area is 104 Å². The summed E-state index contributed by atoms with van der Waals surface area (Å²) in [7, 11) is 0. The smallest absolute Gasteiger partial charge is 0.126 e. The maximum atomic E-state index is 13.4. The summed E-state index contributed by atoms with van der Waals surface area (Å²) in [5.74, 6) is -1.04. The van der Waals surface area contributed by atoms with Crippen LogP contribution in [-0.4, -0.2) is 10.1 Å². The third-order valence-corrected chi connectivity index (χ3v) is 2.67. The van der Waals surface area contributed by atoms with Crippen molar-refractivity contribution >= 4 is 0 Å². The fourth-order valence-electron chi connectivity index (χ4n) is 1.76. The van der Waals surface area contributed by atoms with E-state index in [0.717, 1.165) is 23.9 Å². The third-order valence-electron chi connectivity index (χ3n) is 2.67. The maximum absolute atomic E-state index is 13.4. The molecule has 2 nitrogen and oxygen atoms in total. The molecule has 0 aliphatic rings. The highest BCUT2D eigenvalue weighted by Crippen LogP contribution is 2.19. The first-order chi connectivity index (χ1) is 8.56. The number of aromatic nitrogens is 1. The zero-order chi connectivity index (χ0) is 13.1.